The van der Waals surface area contributed by atoms with Crippen LogP contribution in [0.15, 0.2) is 30.3 Å². The van der Waals surface area contributed by atoms with Crippen LogP contribution in [0.25, 0.3) is 0 Å². The van der Waals surface area contributed by atoms with Crippen LogP contribution in [0.1, 0.15) is 12.0 Å². The number of carbonyl (C=O) groups is 1. The molecule has 0 radical (unpaired) electrons. The fourth-order valence-corrected chi connectivity index (χ4v) is 1.59. The van der Waals surface area contributed by atoms with Crippen LogP contribution >= 0.6 is 0 Å². The summed E-state index contributed by atoms with van der Waals surface area (Å²) in [5, 5.41) is 11.9. The molecule has 1 aromatic carbocycles. The topological polar surface area (TPSA) is 75.4 Å². The van der Waals surface area contributed by atoms with Crippen molar-refractivity contribution in [2.24, 2.45) is 5.73 Å². The second-order valence-corrected chi connectivity index (χ2v) is 4.09. The van der Waals surface area contributed by atoms with E-state index in [4.69, 9.17) is 12.2 Å². The Morgan fingerprint density at radius 3 is 2.67 bits per heavy atom. The fraction of sp³-hybridized carbons (Fsp3) is 0.357. The summed E-state index contributed by atoms with van der Waals surface area (Å²) in [4.78, 5) is 11.6. The lowest BCUT2D eigenvalue weighted by atomic mass is 10.1. The van der Waals surface area contributed by atoms with Gasteiger partial charge in [0.05, 0.1) is 18.7 Å². The Balaban J connectivity index is 2.52. The number of aliphatic hydroxyl groups excluding tert-OH is 1. The van der Waals surface area contributed by atoms with Crippen molar-refractivity contribution in [3.63, 3.8) is 0 Å². The number of nitrogens with two attached hydrogens (primary N) is 1. The third-order valence-electron chi connectivity index (χ3n) is 2.57. The van der Waals surface area contributed by atoms with Crippen molar-refractivity contribution in [2.45, 2.75) is 24.9 Å². The van der Waals surface area contributed by atoms with Gasteiger partial charge in [-0.1, -0.05) is 30.3 Å². The zero-order valence-corrected chi connectivity index (χ0v) is 10.2. The molecule has 0 aliphatic carbocycles. The third kappa shape index (κ3) is 4.58. The van der Waals surface area contributed by atoms with E-state index in [0.29, 0.717) is 6.42 Å². The normalized spacial score (nSPS) is 13.4. The van der Waals surface area contributed by atoms with Crippen LogP contribution in [0.5, 0.6) is 0 Å². The van der Waals surface area contributed by atoms with E-state index in [1.807, 2.05) is 30.3 Å². The predicted molar refractivity (Wildman–Crippen MR) is 70.6 cm³/mol. The Kier molecular flexibility index (Phi) is 5.92. The molecule has 0 heterocycles. The van der Waals surface area contributed by atoms with Gasteiger partial charge in [-0.15, -0.1) is 12.3 Å². The summed E-state index contributed by atoms with van der Waals surface area (Å²) in [5.74, 6) is 2.01. The summed E-state index contributed by atoms with van der Waals surface area (Å²) in [6.45, 7) is -0.136. The lowest BCUT2D eigenvalue weighted by molar-refractivity contribution is -0.123. The van der Waals surface area contributed by atoms with Crippen molar-refractivity contribution in [2.75, 3.05) is 6.61 Å². The molecule has 0 aliphatic heterocycles. The maximum absolute atomic E-state index is 11.6. The molecule has 1 amide bonds. The van der Waals surface area contributed by atoms with E-state index in [9.17, 15) is 9.90 Å². The van der Waals surface area contributed by atoms with E-state index in [-0.39, 0.29) is 25.0 Å². The van der Waals surface area contributed by atoms with Gasteiger partial charge in [-0.25, -0.2) is 0 Å². The highest BCUT2D eigenvalue weighted by atomic mass is 16.3. The Morgan fingerprint density at radius 2 is 2.11 bits per heavy atom. The zero-order valence-electron chi connectivity index (χ0n) is 10.2. The summed E-state index contributed by atoms with van der Waals surface area (Å²) in [7, 11) is 0. The van der Waals surface area contributed by atoms with Crippen molar-refractivity contribution in [1.29, 1.82) is 0 Å². The van der Waals surface area contributed by atoms with E-state index < -0.39 is 6.04 Å². The van der Waals surface area contributed by atoms with Crippen LogP contribution < -0.4 is 11.1 Å². The van der Waals surface area contributed by atoms with Gasteiger partial charge in [0.1, 0.15) is 0 Å². The SMILES string of the molecule is C#CCC(N)C(=O)NC(CO)Cc1ccccc1. The maximum Gasteiger partial charge on any atom is 0.238 e. The van der Waals surface area contributed by atoms with Gasteiger partial charge >= 0.3 is 0 Å². The van der Waals surface area contributed by atoms with Gasteiger partial charge in [-0.3, -0.25) is 4.79 Å². The average Bonchev–Trinajstić information content (AvgIpc) is 2.39. The number of aliphatic hydroxyl groups is 1. The van der Waals surface area contributed by atoms with Crippen molar-refractivity contribution in [1.82, 2.24) is 5.32 Å². The second-order valence-electron chi connectivity index (χ2n) is 4.09. The van der Waals surface area contributed by atoms with Crippen molar-refractivity contribution in [3.05, 3.63) is 35.9 Å². The van der Waals surface area contributed by atoms with Crippen molar-refractivity contribution < 1.29 is 9.90 Å². The van der Waals surface area contributed by atoms with Crippen LogP contribution in [0, 0.1) is 12.3 Å². The van der Waals surface area contributed by atoms with E-state index in [1.165, 1.54) is 0 Å². The highest BCUT2D eigenvalue weighted by Crippen LogP contribution is 2.03. The molecule has 0 spiro atoms. The lowest BCUT2D eigenvalue weighted by Crippen LogP contribution is -2.47. The standard InChI is InChI=1S/C14H18N2O2/c1-2-6-13(15)14(18)16-12(10-17)9-11-7-4-3-5-8-11/h1,3-5,7-8,12-13,17H,6,9-10,15H2,(H,16,18). The molecule has 0 saturated heterocycles. The molecule has 0 aromatic heterocycles. The number of nitrogens with one attached hydrogen (secondary N) is 1. The molecule has 18 heavy (non-hydrogen) atoms. The minimum Gasteiger partial charge on any atom is -0.394 e. The van der Waals surface area contributed by atoms with Crippen LogP contribution in [0.4, 0.5) is 0 Å². The number of hydrogen-bond acceptors (Lipinski definition) is 3. The first-order valence-corrected chi connectivity index (χ1v) is 5.81. The van der Waals surface area contributed by atoms with Crippen molar-refractivity contribution >= 4 is 5.91 Å². The Bertz CT molecular complexity index is 412. The number of amides is 1. The smallest absolute Gasteiger partial charge is 0.238 e. The third-order valence-corrected chi connectivity index (χ3v) is 2.57. The monoisotopic (exact) mass is 246 g/mol. The molecule has 4 N–H and O–H groups in total. The summed E-state index contributed by atoms with van der Waals surface area (Å²) in [6, 6.07) is 8.56. The maximum atomic E-state index is 11.6. The molecule has 4 heteroatoms. The first kappa shape index (κ1) is 14.2. The Hall–Kier alpha value is -1.83. The molecule has 1 rings (SSSR count). The van der Waals surface area contributed by atoms with Gasteiger partial charge in [0.25, 0.3) is 0 Å². The average molecular weight is 246 g/mol. The van der Waals surface area contributed by atoms with Gasteiger partial charge in [0.2, 0.25) is 5.91 Å². The van der Waals surface area contributed by atoms with Crippen LogP contribution in [-0.4, -0.2) is 29.7 Å². The quantitative estimate of drug-likeness (QED) is 0.621. The summed E-state index contributed by atoms with van der Waals surface area (Å²) in [5.41, 5.74) is 6.63. The van der Waals surface area contributed by atoms with E-state index in [2.05, 4.69) is 11.2 Å². The molecule has 0 fully saturated rings. The van der Waals surface area contributed by atoms with Gasteiger partial charge in [0, 0.05) is 6.42 Å². The Morgan fingerprint density at radius 1 is 1.44 bits per heavy atom. The minimum atomic E-state index is -0.722. The number of hydrogen-bond donors (Lipinski definition) is 3. The molecular formula is C14H18N2O2. The lowest BCUT2D eigenvalue weighted by Gasteiger charge is -2.18. The van der Waals surface area contributed by atoms with Gasteiger partial charge in [0.15, 0.2) is 0 Å². The zero-order chi connectivity index (χ0) is 13.4. The minimum absolute atomic E-state index is 0.136. The van der Waals surface area contributed by atoms with Gasteiger partial charge < -0.3 is 16.2 Å². The number of carbonyl (C=O) groups excluding carboxylic acids is 1. The summed E-state index contributed by atoms with van der Waals surface area (Å²) < 4.78 is 0. The number of benzene rings is 1. The predicted octanol–water partition coefficient (Wildman–Crippen LogP) is 0.0568. The van der Waals surface area contributed by atoms with E-state index in [1.54, 1.807) is 0 Å². The Labute approximate surface area is 107 Å². The molecule has 0 bridgehead atoms. The molecule has 2 unspecified atom stereocenters. The van der Waals surface area contributed by atoms with Crippen LogP contribution in [-0.2, 0) is 11.2 Å². The van der Waals surface area contributed by atoms with Crippen molar-refractivity contribution in [3.8, 4) is 12.3 Å². The number of rotatable bonds is 6. The largest absolute Gasteiger partial charge is 0.394 e. The first-order valence-electron chi connectivity index (χ1n) is 5.81. The van der Waals surface area contributed by atoms with Gasteiger partial charge in [-0.05, 0) is 12.0 Å². The molecular weight excluding hydrogens is 228 g/mol. The molecule has 2 atom stereocenters. The van der Waals surface area contributed by atoms with Crippen LogP contribution in [0.2, 0.25) is 0 Å². The molecule has 1 aromatic rings. The molecule has 96 valence electrons. The van der Waals surface area contributed by atoms with Gasteiger partial charge in [-0.2, -0.15) is 0 Å². The van der Waals surface area contributed by atoms with E-state index >= 15 is 0 Å². The molecule has 4 nitrogen and oxygen atoms in total. The highest BCUT2D eigenvalue weighted by molar-refractivity contribution is 5.82. The highest BCUT2D eigenvalue weighted by Gasteiger charge is 2.17. The van der Waals surface area contributed by atoms with E-state index in [0.717, 1.165) is 5.56 Å². The molecule has 0 saturated carbocycles. The fourth-order valence-electron chi connectivity index (χ4n) is 1.59. The summed E-state index contributed by atoms with van der Waals surface area (Å²) in [6.07, 6.45) is 5.85. The first-order chi connectivity index (χ1) is 8.67. The van der Waals surface area contributed by atoms with Crippen LogP contribution in [0.3, 0.4) is 0 Å². The second kappa shape index (κ2) is 7.49. The summed E-state index contributed by atoms with van der Waals surface area (Å²) >= 11 is 0. The number of terminal acetylenes is 1. The molecule has 0 aliphatic rings.